The van der Waals surface area contributed by atoms with E-state index in [1.165, 1.54) is 5.56 Å². The number of hydrogen-bond acceptors (Lipinski definition) is 1. The third kappa shape index (κ3) is 4.08. The Morgan fingerprint density at radius 1 is 1.20 bits per heavy atom. The van der Waals surface area contributed by atoms with Gasteiger partial charge in [0.2, 0.25) is 0 Å². The summed E-state index contributed by atoms with van der Waals surface area (Å²) in [5.41, 5.74) is 1.22. The first-order valence-corrected chi connectivity index (χ1v) is 7.56. The molecule has 0 spiro atoms. The first kappa shape index (κ1) is 13.5. The smallest absolute Gasteiger partial charge is 0.147 e. The maximum atomic E-state index is 5.70. The quantitative estimate of drug-likeness (QED) is 0.482. The van der Waals surface area contributed by atoms with E-state index in [0.29, 0.717) is 0 Å². The predicted molar refractivity (Wildman–Crippen MR) is 74.9 cm³/mol. The van der Waals surface area contributed by atoms with Crippen molar-refractivity contribution in [1.82, 2.24) is 0 Å². The van der Waals surface area contributed by atoms with Crippen LogP contribution < -0.4 is 4.74 Å². The van der Waals surface area contributed by atoms with Gasteiger partial charge in [0, 0.05) is 5.33 Å². The molecular formula is C11H13Br3O. The second-order valence-corrected chi connectivity index (χ2v) is 5.49. The van der Waals surface area contributed by atoms with Crippen molar-refractivity contribution in [2.45, 2.75) is 25.1 Å². The number of ether oxygens (including phenoxy) is 1. The zero-order chi connectivity index (χ0) is 11.3. The third-order valence-electron chi connectivity index (χ3n) is 1.96. The topological polar surface area (TPSA) is 9.23 Å². The molecule has 0 heterocycles. The summed E-state index contributed by atoms with van der Waals surface area (Å²) in [5, 5.41) is 0.847. The van der Waals surface area contributed by atoms with E-state index < -0.39 is 0 Å². The fourth-order valence-corrected chi connectivity index (χ4v) is 2.98. The molecule has 1 rings (SSSR count). The molecule has 1 aromatic carbocycles. The minimum atomic E-state index is 0.765. The first-order chi connectivity index (χ1) is 7.19. The Labute approximate surface area is 116 Å². The van der Waals surface area contributed by atoms with Crippen LogP contribution in [-0.4, -0.2) is 6.61 Å². The van der Waals surface area contributed by atoms with Gasteiger partial charge in [0.15, 0.2) is 0 Å². The highest BCUT2D eigenvalue weighted by Crippen LogP contribution is 2.35. The van der Waals surface area contributed by atoms with Crippen LogP contribution in [0.15, 0.2) is 21.1 Å². The van der Waals surface area contributed by atoms with Crippen LogP contribution in [0.4, 0.5) is 0 Å². The lowest BCUT2D eigenvalue weighted by Gasteiger charge is -2.11. The molecule has 4 heteroatoms. The van der Waals surface area contributed by atoms with Crippen molar-refractivity contribution in [1.29, 1.82) is 0 Å². The minimum absolute atomic E-state index is 0.765. The molecule has 0 amide bonds. The van der Waals surface area contributed by atoms with E-state index in [-0.39, 0.29) is 0 Å². The third-order valence-corrected chi connectivity index (χ3v) is 3.78. The molecule has 0 bridgehead atoms. The summed E-state index contributed by atoms with van der Waals surface area (Å²) in [4.78, 5) is 0. The summed E-state index contributed by atoms with van der Waals surface area (Å²) in [5.74, 6) is 0.896. The molecule has 84 valence electrons. The normalized spacial score (nSPS) is 10.4. The van der Waals surface area contributed by atoms with Crippen LogP contribution in [0.3, 0.4) is 0 Å². The predicted octanol–water partition coefficient (Wildman–Crippen LogP) is 5.29. The number of halogens is 3. The average Bonchev–Trinajstić information content (AvgIpc) is 2.22. The summed E-state index contributed by atoms with van der Waals surface area (Å²) in [6.45, 7) is 2.92. The summed E-state index contributed by atoms with van der Waals surface area (Å²) in [6.07, 6.45) is 2.23. The molecule has 0 fully saturated rings. The minimum Gasteiger partial charge on any atom is -0.491 e. The van der Waals surface area contributed by atoms with E-state index >= 15 is 0 Å². The molecule has 0 saturated heterocycles. The lowest BCUT2D eigenvalue weighted by atomic mass is 10.2. The van der Waals surface area contributed by atoms with Crippen molar-refractivity contribution < 1.29 is 4.74 Å². The highest BCUT2D eigenvalue weighted by Gasteiger charge is 2.08. The molecule has 0 unspecified atom stereocenters. The molecule has 0 radical (unpaired) electrons. The summed E-state index contributed by atoms with van der Waals surface area (Å²) in [7, 11) is 0. The summed E-state index contributed by atoms with van der Waals surface area (Å²) >= 11 is 10.5. The summed E-state index contributed by atoms with van der Waals surface area (Å²) < 4.78 is 7.70. The van der Waals surface area contributed by atoms with E-state index in [1.807, 2.05) is 0 Å². The Morgan fingerprint density at radius 3 is 2.27 bits per heavy atom. The largest absolute Gasteiger partial charge is 0.491 e. The van der Waals surface area contributed by atoms with Crippen molar-refractivity contribution in [2.24, 2.45) is 0 Å². The van der Waals surface area contributed by atoms with Crippen LogP contribution in [0.25, 0.3) is 0 Å². The zero-order valence-electron chi connectivity index (χ0n) is 8.53. The lowest BCUT2D eigenvalue weighted by molar-refractivity contribution is 0.305. The fourth-order valence-electron chi connectivity index (χ4n) is 1.15. The molecule has 15 heavy (non-hydrogen) atoms. The van der Waals surface area contributed by atoms with Crippen molar-refractivity contribution in [2.75, 3.05) is 6.61 Å². The van der Waals surface area contributed by atoms with Gasteiger partial charge in [-0.25, -0.2) is 0 Å². The maximum absolute atomic E-state index is 5.70. The van der Waals surface area contributed by atoms with Gasteiger partial charge in [-0.3, -0.25) is 0 Å². The number of rotatable bonds is 5. The molecule has 0 aliphatic carbocycles. The summed E-state index contributed by atoms with van der Waals surface area (Å²) in [6, 6.07) is 4.14. The van der Waals surface area contributed by atoms with Gasteiger partial charge in [-0.1, -0.05) is 29.3 Å². The van der Waals surface area contributed by atoms with Crippen LogP contribution in [0.5, 0.6) is 5.75 Å². The molecule has 1 aromatic rings. The van der Waals surface area contributed by atoms with Crippen molar-refractivity contribution in [3.05, 3.63) is 26.6 Å². The molecule has 0 aliphatic rings. The van der Waals surface area contributed by atoms with Gasteiger partial charge in [0.25, 0.3) is 0 Å². The van der Waals surface area contributed by atoms with Gasteiger partial charge in [0.1, 0.15) is 5.75 Å². The number of hydrogen-bond donors (Lipinski definition) is 0. The van der Waals surface area contributed by atoms with Crippen LogP contribution >= 0.6 is 47.8 Å². The Hall–Kier alpha value is 0.460. The van der Waals surface area contributed by atoms with Crippen LogP contribution in [0.2, 0.25) is 0 Å². The highest BCUT2D eigenvalue weighted by molar-refractivity contribution is 9.11. The van der Waals surface area contributed by atoms with E-state index in [1.54, 1.807) is 0 Å². The van der Waals surface area contributed by atoms with Gasteiger partial charge in [0.05, 0.1) is 15.6 Å². The Morgan fingerprint density at radius 2 is 1.80 bits per heavy atom. The second-order valence-electron chi connectivity index (χ2n) is 3.22. The van der Waals surface area contributed by atoms with Crippen molar-refractivity contribution in [3.8, 4) is 5.75 Å². The Bertz CT molecular complexity index is 303. The van der Waals surface area contributed by atoms with Crippen LogP contribution in [0, 0.1) is 0 Å². The van der Waals surface area contributed by atoms with Crippen LogP contribution in [-0.2, 0) is 5.33 Å². The Balaban J connectivity index is 2.79. The molecule has 0 N–H and O–H groups in total. The number of alkyl halides is 1. The van der Waals surface area contributed by atoms with Gasteiger partial charge < -0.3 is 4.74 Å². The van der Waals surface area contributed by atoms with E-state index in [4.69, 9.17) is 4.74 Å². The standard InChI is InChI=1S/C11H13Br3O/c1-2-3-4-15-11-9(13)5-8(7-12)6-10(11)14/h5-6H,2-4,7H2,1H3. The fraction of sp³-hybridized carbons (Fsp3) is 0.455. The number of unbranched alkanes of at least 4 members (excludes halogenated alkanes) is 1. The molecule has 0 aromatic heterocycles. The Kier molecular flexibility index (Phi) is 6.24. The molecule has 0 aliphatic heterocycles. The van der Waals surface area contributed by atoms with E-state index in [2.05, 4.69) is 66.8 Å². The van der Waals surface area contributed by atoms with Crippen molar-refractivity contribution in [3.63, 3.8) is 0 Å². The van der Waals surface area contributed by atoms with E-state index in [0.717, 1.165) is 39.5 Å². The van der Waals surface area contributed by atoms with Gasteiger partial charge in [-0.2, -0.15) is 0 Å². The second kappa shape index (κ2) is 6.92. The van der Waals surface area contributed by atoms with E-state index in [9.17, 15) is 0 Å². The first-order valence-electron chi connectivity index (χ1n) is 4.85. The monoisotopic (exact) mass is 398 g/mol. The number of benzene rings is 1. The SMILES string of the molecule is CCCCOc1c(Br)cc(CBr)cc1Br. The van der Waals surface area contributed by atoms with Gasteiger partial charge in [-0.15, -0.1) is 0 Å². The average molecular weight is 401 g/mol. The molecule has 0 saturated carbocycles. The highest BCUT2D eigenvalue weighted by atomic mass is 79.9. The molecule has 1 nitrogen and oxygen atoms in total. The lowest BCUT2D eigenvalue weighted by Crippen LogP contribution is -1.98. The van der Waals surface area contributed by atoms with Crippen molar-refractivity contribution >= 4 is 47.8 Å². The molecule has 0 atom stereocenters. The molecular weight excluding hydrogens is 388 g/mol. The van der Waals surface area contributed by atoms with Crippen LogP contribution in [0.1, 0.15) is 25.3 Å². The maximum Gasteiger partial charge on any atom is 0.147 e. The van der Waals surface area contributed by atoms with Gasteiger partial charge >= 0.3 is 0 Å². The van der Waals surface area contributed by atoms with Gasteiger partial charge in [-0.05, 0) is 56.0 Å². The zero-order valence-corrected chi connectivity index (χ0v) is 13.3.